The normalized spacial score (nSPS) is 32.8. The number of allylic oxidation sites excluding steroid dienone is 2. The lowest BCUT2D eigenvalue weighted by molar-refractivity contribution is -0.124. The van der Waals surface area contributed by atoms with Gasteiger partial charge in [0.05, 0.1) is 23.1 Å². The fraction of sp³-hybridized carbons (Fsp3) is 0.292. The summed E-state index contributed by atoms with van der Waals surface area (Å²) in [6.07, 6.45) is 5.43. The number of benzene rings is 2. The molecule has 6 heteroatoms. The van der Waals surface area contributed by atoms with Crippen molar-refractivity contribution >= 4 is 35.1 Å². The minimum Gasteiger partial charge on any atom is -0.423 e. The molecule has 6 atom stereocenters. The van der Waals surface area contributed by atoms with Gasteiger partial charge in [-0.2, -0.15) is 0 Å². The molecule has 2 amide bonds. The van der Waals surface area contributed by atoms with E-state index < -0.39 is 5.97 Å². The molecule has 1 aliphatic heterocycles. The standard InChI is InChI=1S/C24H18ClNO4/c25-13-6-4-12(5-7-13)24(29)30-15-3-1-2-14(10-15)26-22(27)20-16-8-9-17(19-11-18(16)19)21(20)23(26)28/h1-10,16-21H,11H2/t16-,17+,18-,19-,20+,21+/m1/s1. The van der Waals surface area contributed by atoms with Crippen molar-refractivity contribution in [2.75, 3.05) is 4.90 Å². The van der Waals surface area contributed by atoms with Crippen LogP contribution in [0.15, 0.2) is 60.7 Å². The van der Waals surface area contributed by atoms with Crippen molar-refractivity contribution < 1.29 is 19.1 Å². The number of carbonyl (C=O) groups is 3. The van der Waals surface area contributed by atoms with Crippen LogP contribution in [-0.2, 0) is 9.59 Å². The number of hydrogen-bond donors (Lipinski definition) is 0. The number of imide groups is 1. The van der Waals surface area contributed by atoms with Gasteiger partial charge in [-0.15, -0.1) is 0 Å². The number of anilines is 1. The van der Waals surface area contributed by atoms with E-state index in [1.165, 1.54) is 4.90 Å². The van der Waals surface area contributed by atoms with E-state index in [-0.39, 0.29) is 41.2 Å². The third-order valence-corrected chi connectivity index (χ3v) is 7.28. The zero-order chi connectivity index (χ0) is 20.6. The van der Waals surface area contributed by atoms with E-state index in [4.69, 9.17) is 16.3 Å². The van der Waals surface area contributed by atoms with Crippen molar-refractivity contribution in [1.82, 2.24) is 0 Å². The summed E-state index contributed by atoms with van der Waals surface area (Å²) >= 11 is 5.86. The maximum atomic E-state index is 13.2. The van der Waals surface area contributed by atoms with Gasteiger partial charge in [0.15, 0.2) is 0 Å². The van der Waals surface area contributed by atoms with E-state index in [1.807, 2.05) is 0 Å². The van der Waals surface area contributed by atoms with Crippen molar-refractivity contribution in [3.63, 3.8) is 0 Å². The number of amides is 2. The molecule has 30 heavy (non-hydrogen) atoms. The van der Waals surface area contributed by atoms with Gasteiger partial charge in [0.25, 0.3) is 0 Å². The SMILES string of the molecule is O=C(Oc1cccc(N2C(=O)[C@H]3[C@@H]4C=C[C@@H]([C@H]5C[C@H]45)[C@@H]3C2=O)c1)c1ccc(Cl)cc1. The first kappa shape index (κ1) is 17.9. The minimum atomic E-state index is -0.529. The Hall–Kier alpha value is -2.92. The molecule has 150 valence electrons. The Morgan fingerprint density at radius 3 is 2.20 bits per heavy atom. The third kappa shape index (κ3) is 2.51. The third-order valence-electron chi connectivity index (χ3n) is 7.03. The Balaban J connectivity index is 1.27. The number of nitrogens with zero attached hydrogens (tertiary/aromatic N) is 1. The van der Waals surface area contributed by atoms with Crippen LogP contribution in [-0.4, -0.2) is 17.8 Å². The van der Waals surface area contributed by atoms with E-state index in [0.717, 1.165) is 6.42 Å². The Labute approximate surface area is 178 Å². The van der Waals surface area contributed by atoms with Crippen LogP contribution in [0.2, 0.25) is 5.02 Å². The van der Waals surface area contributed by atoms with Gasteiger partial charge in [-0.25, -0.2) is 9.69 Å². The smallest absolute Gasteiger partial charge is 0.343 e. The molecule has 0 radical (unpaired) electrons. The van der Waals surface area contributed by atoms with E-state index in [1.54, 1.807) is 48.5 Å². The first-order valence-electron chi connectivity index (χ1n) is 10.2. The number of rotatable bonds is 3. The molecule has 0 N–H and O–H groups in total. The molecule has 0 unspecified atom stereocenters. The van der Waals surface area contributed by atoms with Gasteiger partial charge in [-0.05, 0) is 66.5 Å². The monoisotopic (exact) mass is 419 g/mol. The molecule has 0 spiro atoms. The summed E-state index contributed by atoms with van der Waals surface area (Å²) in [5.41, 5.74) is 0.819. The maximum absolute atomic E-state index is 13.2. The van der Waals surface area contributed by atoms with Gasteiger partial charge in [-0.3, -0.25) is 9.59 Å². The van der Waals surface area contributed by atoms with Crippen LogP contribution in [0.4, 0.5) is 5.69 Å². The molecule has 7 rings (SSSR count). The molecule has 2 aromatic rings. The molecule has 2 bridgehead atoms. The molecule has 1 saturated heterocycles. The largest absolute Gasteiger partial charge is 0.423 e. The first-order valence-corrected chi connectivity index (χ1v) is 10.5. The van der Waals surface area contributed by atoms with Crippen molar-refractivity contribution in [1.29, 1.82) is 0 Å². The van der Waals surface area contributed by atoms with Crippen LogP contribution in [0.1, 0.15) is 16.8 Å². The summed E-state index contributed by atoms with van der Waals surface area (Å²) in [6, 6.07) is 13.0. The Morgan fingerprint density at radius 2 is 1.57 bits per heavy atom. The number of hydrogen-bond acceptors (Lipinski definition) is 4. The van der Waals surface area contributed by atoms with Crippen molar-refractivity contribution in [2.45, 2.75) is 6.42 Å². The quantitative estimate of drug-likeness (QED) is 0.325. The van der Waals surface area contributed by atoms with Crippen LogP contribution >= 0.6 is 11.6 Å². The number of carbonyl (C=O) groups excluding carboxylic acids is 3. The average Bonchev–Trinajstić information content (AvgIpc) is 3.52. The lowest BCUT2D eigenvalue weighted by Gasteiger charge is -2.37. The van der Waals surface area contributed by atoms with E-state index in [2.05, 4.69) is 12.2 Å². The van der Waals surface area contributed by atoms with Gasteiger partial charge in [0, 0.05) is 11.1 Å². The van der Waals surface area contributed by atoms with Crippen LogP contribution in [0.5, 0.6) is 5.75 Å². The summed E-state index contributed by atoms with van der Waals surface area (Å²) in [6.45, 7) is 0. The second kappa shape index (κ2) is 6.29. The molecular weight excluding hydrogens is 402 g/mol. The second-order valence-electron chi connectivity index (χ2n) is 8.56. The summed E-state index contributed by atoms with van der Waals surface area (Å²) < 4.78 is 5.46. The van der Waals surface area contributed by atoms with Crippen LogP contribution in [0.25, 0.3) is 0 Å². The zero-order valence-electron chi connectivity index (χ0n) is 15.9. The number of ether oxygens (including phenoxy) is 1. The van der Waals surface area contributed by atoms with Gasteiger partial charge in [0.2, 0.25) is 11.8 Å². The van der Waals surface area contributed by atoms with Gasteiger partial charge >= 0.3 is 5.97 Å². The second-order valence-corrected chi connectivity index (χ2v) is 9.00. The van der Waals surface area contributed by atoms with Gasteiger partial charge < -0.3 is 4.74 Å². The molecule has 2 saturated carbocycles. The average molecular weight is 420 g/mol. The van der Waals surface area contributed by atoms with Gasteiger partial charge in [-0.1, -0.05) is 29.8 Å². The van der Waals surface area contributed by atoms with E-state index >= 15 is 0 Å². The fourth-order valence-electron chi connectivity index (χ4n) is 5.65. The Morgan fingerprint density at radius 1 is 0.933 bits per heavy atom. The summed E-state index contributed by atoms with van der Waals surface area (Å²) in [7, 11) is 0. The molecule has 3 fully saturated rings. The van der Waals surface area contributed by atoms with Crippen molar-refractivity contribution in [2.24, 2.45) is 35.5 Å². The topological polar surface area (TPSA) is 63.7 Å². The molecular formula is C24H18ClNO4. The predicted molar refractivity (Wildman–Crippen MR) is 110 cm³/mol. The zero-order valence-corrected chi connectivity index (χ0v) is 16.7. The van der Waals surface area contributed by atoms with E-state index in [9.17, 15) is 14.4 Å². The molecule has 4 aliphatic carbocycles. The fourth-order valence-corrected chi connectivity index (χ4v) is 5.78. The highest BCUT2D eigenvalue weighted by molar-refractivity contribution is 6.30. The predicted octanol–water partition coefficient (Wildman–Crippen LogP) is 4.12. The number of halogens is 1. The highest BCUT2D eigenvalue weighted by Gasteiger charge is 2.67. The van der Waals surface area contributed by atoms with Crippen LogP contribution in [0, 0.1) is 35.5 Å². The van der Waals surface area contributed by atoms with Crippen molar-refractivity contribution in [3.05, 3.63) is 71.3 Å². The lowest BCUT2D eigenvalue weighted by atomic mass is 9.63. The molecule has 0 aromatic heterocycles. The Bertz CT molecular complexity index is 1090. The van der Waals surface area contributed by atoms with Crippen LogP contribution < -0.4 is 9.64 Å². The van der Waals surface area contributed by atoms with Gasteiger partial charge in [0.1, 0.15) is 5.75 Å². The summed E-state index contributed by atoms with van der Waals surface area (Å²) in [4.78, 5) is 40.2. The van der Waals surface area contributed by atoms with Crippen LogP contribution in [0.3, 0.4) is 0 Å². The van der Waals surface area contributed by atoms with E-state index in [0.29, 0.717) is 28.1 Å². The molecule has 2 aromatic carbocycles. The minimum absolute atomic E-state index is 0.129. The first-order chi connectivity index (χ1) is 14.5. The Kier molecular flexibility index (Phi) is 3.75. The molecule has 5 nitrogen and oxygen atoms in total. The summed E-state index contributed by atoms with van der Waals surface area (Å²) in [5, 5.41) is 0.530. The molecule has 5 aliphatic rings. The highest BCUT2D eigenvalue weighted by atomic mass is 35.5. The maximum Gasteiger partial charge on any atom is 0.343 e. The lowest BCUT2D eigenvalue weighted by Crippen LogP contribution is -2.40. The molecule has 1 heterocycles. The van der Waals surface area contributed by atoms with Crippen molar-refractivity contribution in [3.8, 4) is 5.75 Å². The number of esters is 1. The summed E-state index contributed by atoms with van der Waals surface area (Å²) in [5.74, 6) is 0.467. The highest BCUT2D eigenvalue weighted by Crippen LogP contribution is 2.65.